The van der Waals surface area contributed by atoms with Crippen molar-refractivity contribution in [3.05, 3.63) is 59.7 Å². The fourth-order valence-corrected chi connectivity index (χ4v) is 3.44. The Hall–Kier alpha value is -3.88. The minimum absolute atomic E-state index is 0.134. The first-order chi connectivity index (χ1) is 17.2. The van der Waals surface area contributed by atoms with Crippen LogP contribution in [-0.2, 0) is 14.3 Å². The third kappa shape index (κ3) is 8.11. The number of benzene rings is 2. The molecule has 0 spiro atoms. The summed E-state index contributed by atoms with van der Waals surface area (Å²) >= 11 is 0. The molecule has 9 heteroatoms. The highest BCUT2D eigenvalue weighted by molar-refractivity contribution is 5.99. The van der Waals surface area contributed by atoms with Gasteiger partial charge in [-0.1, -0.05) is 19.9 Å². The first-order valence-electron chi connectivity index (χ1n) is 12.1. The molecule has 0 bridgehead atoms. The summed E-state index contributed by atoms with van der Waals surface area (Å²) in [6.45, 7) is 10.3. The van der Waals surface area contributed by atoms with Gasteiger partial charge in [0.05, 0.1) is 6.61 Å². The Balaban J connectivity index is 1.95. The van der Waals surface area contributed by atoms with Crippen molar-refractivity contribution in [2.24, 2.45) is 5.92 Å². The monoisotopic (exact) mass is 497 g/mol. The largest absolute Gasteiger partial charge is 0.494 e. The third-order valence-corrected chi connectivity index (χ3v) is 5.42. The maximum atomic E-state index is 12.6. The van der Waals surface area contributed by atoms with Gasteiger partial charge >= 0.3 is 5.97 Å². The second-order valence-electron chi connectivity index (χ2n) is 8.37. The van der Waals surface area contributed by atoms with Crippen molar-refractivity contribution in [1.29, 1.82) is 0 Å². The van der Waals surface area contributed by atoms with E-state index < -0.39 is 30.4 Å². The van der Waals surface area contributed by atoms with E-state index in [-0.39, 0.29) is 11.8 Å². The normalized spacial score (nSPS) is 11.4. The number of hydrogen-bond donors (Lipinski definition) is 2. The molecule has 0 fully saturated rings. The Labute approximate surface area is 212 Å². The van der Waals surface area contributed by atoms with Gasteiger partial charge in [0.1, 0.15) is 11.8 Å². The van der Waals surface area contributed by atoms with E-state index in [2.05, 4.69) is 10.6 Å². The molecule has 9 nitrogen and oxygen atoms in total. The van der Waals surface area contributed by atoms with Gasteiger partial charge in [0.25, 0.3) is 17.7 Å². The predicted molar refractivity (Wildman–Crippen MR) is 137 cm³/mol. The van der Waals surface area contributed by atoms with Crippen LogP contribution in [0.15, 0.2) is 48.5 Å². The highest BCUT2D eigenvalue weighted by atomic mass is 16.5. The first-order valence-corrected chi connectivity index (χ1v) is 12.1. The molecule has 2 aromatic carbocycles. The molecule has 194 valence electrons. The average molecular weight is 498 g/mol. The number of carbonyl (C=O) groups is 4. The van der Waals surface area contributed by atoms with Gasteiger partial charge in [-0.15, -0.1) is 0 Å². The maximum absolute atomic E-state index is 12.6. The van der Waals surface area contributed by atoms with Crippen LogP contribution in [0.2, 0.25) is 0 Å². The summed E-state index contributed by atoms with van der Waals surface area (Å²) in [4.78, 5) is 51.9. The molecule has 36 heavy (non-hydrogen) atoms. The van der Waals surface area contributed by atoms with E-state index in [9.17, 15) is 19.2 Å². The number of esters is 1. The van der Waals surface area contributed by atoms with Crippen LogP contribution in [0.1, 0.15) is 55.3 Å². The lowest BCUT2D eigenvalue weighted by molar-refractivity contribution is -0.150. The summed E-state index contributed by atoms with van der Waals surface area (Å²) in [5, 5.41) is 5.30. The van der Waals surface area contributed by atoms with Gasteiger partial charge < -0.3 is 25.0 Å². The van der Waals surface area contributed by atoms with Crippen molar-refractivity contribution in [3.8, 4) is 5.75 Å². The lowest BCUT2D eigenvalue weighted by Gasteiger charge is -2.21. The van der Waals surface area contributed by atoms with Gasteiger partial charge in [0, 0.05) is 29.9 Å². The molecule has 0 aliphatic rings. The zero-order chi connectivity index (χ0) is 26.7. The van der Waals surface area contributed by atoms with E-state index in [1.54, 1.807) is 67.3 Å². The van der Waals surface area contributed by atoms with E-state index in [4.69, 9.17) is 9.47 Å². The Morgan fingerprint density at radius 2 is 1.58 bits per heavy atom. The molecule has 3 amide bonds. The number of rotatable bonds is 12. The smallest absolute Gasteiger partial charge is 0.329 e. The van der Waals surface area contributed by atoms with Crippen LogP contribution in [0.5, 0.6) is 5.75 Å². The van der Waals surface area contributed by atoms with Crippen LogP contribution < -0.4 is 15.4 Å². The minimum Gasteiger partial charge on any atom is -0.494 e. The molecule has 2 aromatic rings. The van der Waals surface area contributed by atoms with Gasteiger partial charge in [-0.05, 0) is 69.2 Å². The number of hydrogen-bond acceptors (Lipinski definition) is 6. The number of nitrogens with one attached hydrogen (secondary N) is 2. The van der Waals surface area contributed by atoms with E-state index >= 15 is 0 Å². The molecule has 0 aliphatic heterocycles. The van der Waals surface area contributed by atoms with Gasteiger partial charge in [0.15, 0.2) is 6.61 Å². The molecule has 0 aliphatic carbocycles. The molecule has 0 saturated carbocycles. The summed E-state index contributed by atoms with van der Waals surface area (Å²) in [7, 11) is 0. The van der Waals surface area contributed by atoms with E-state index in [1.165, 1.54) is 0 Å². The highest BCUT2D eigenvalue weighted by Crippen LogP contribution is 2.15. The van der Waals surface area contributed by atoms with Crippen molar-refractivity contribution in [2.45, 2.75) is 40.7 Å². The van der Waals surface area contributed by atoms with Crippen LogP contribution in [0.25, 0.3) is 0 Å². The van der Waals surface area contributed by atoms with Crippen molar-refractivity contribution >= 4 is 29.4 Å². The first kappa shape index (κ1) is 28.4. The SMILES string of the molecule is CCOc1ccc(C(=O)N[C@H](C(=O)OCC(=O)Nc2cccc(C(=O)N(CC)CC)c2)C(C)C)cc1. The lowest BCUT2D eigenvalue weighted by atomic mass is 10.0. The molecule has 0 radical (unpaired) electrons. The number of amides is 3. The molecule has 0 heterocycles. The molecular formula is C27H35N3O6. The number of carbonyl (C=O) groups excluding carboxylic acids is 4. The minimum atomic E-state index is -0.938. The lowest BCUT2D eigenvalue weighted by Crippen LogP contribution is -2.45. The van der Waals surface area contributed by atoms with Crippen molar-refractivity contribution in [2.75, 3.05) is 31.6 Å². The number of nitrogens with zero attached hydrogens (tertiary/aromatic N) is 1. The van der Waals surface area contributed by atoms with Crippen molar-refractivity contribution in [1.82, 2.24) is 10.2 Å². The second kappa shape index (κ2) is 13.9. The zero-order valence-corrected chi connectivity index (χ0v) is 21.5. The van der Waals surface area contributed by atoms with E-state index in [0.717, 1.165) is 0 Å². The number of ether oxygens (including phenoxy) is 2. The quantitative estimate of drug-likeness (QED) is 0.434. The standard InChI is InChI=1S/C27H35N3O6/c1-6-30(7-2)26(33)20-10-9-11-21(16-20)28-23(31)17-36-27(34)24(18(4)5)29-25(32)19-12-14-22(15-13-19)35-8-3/h9-16,18,24H,6-8,17H2,1-5H3,(H,28,31)(H,29,32)/t24-/m0/s1. The summed E-state index contributed by atoms with van der Waals surface area (Å²) in [5.41, 5.74) is 1.23. The fraction of sp³-hybridized carbons (Fsp3) is 0.407. The third-order valence-electron chi connectivity index (χ3n) is 5.42. The molecule has 2 rings (SSSR count). The molecule has 0 unspecified atom stereocenters. The molecule has 0 aromatic heterocycles. The Bertz CT molecular complexity index is 1050. The van der Waals surface area contributed by atoms with E-state index in [1.807, 2.05) is 20.8 Å². The maximum Gasteiger partial charge on any atom is 0.329 e. The van der Waals surface area contributed by atoms with E-state index in [0.29, 0.717) is 42.3 Å². The van der Waals surface area contributed by atoms with Gasteiger partial charge in [-0.25, -0.2) is 4.79 Å². The molecule has 0 saturated heterocycles. The van der Waals surface area contributed by atoms with Crippen LogP contribution in [0, 0.1) is 5.92 Å². The summed E-state index contributed by atoms with van der Waals surface area (Å²) in [5.74, 6) is -1.47. The van der Waals surface area contributed by atoms with Gasteiger partial charge in [-0.3, -0.25) is 14.4 Å². The predicted octanol–water partition coefficient (Wildman–Crippen LogP) is 3.50. The van der Waals surface area contributed by atoms with Crippen molar-refractivity contribution in [3.63, 3.8) is 0 Å². The van der Waals surface area contributed by atoms with Gasteiger partial charge in [0.2, 0.25) is 0 Å². The van der Waals surface area contributed by atoms with Crippen LogP contribution in [-0.4, -0.2) is 60.9 Å². The fourth-order valence-electron chi connectivity index (χ4n) is 3.44. The second-order valence-corrected chi connectivity index (χ2v) is 8.37. The Morgan fingerprint density at radius 3 is 2.17 bits per heavy atom. The molecular weight excluding hydrogens is 462 g/mol. The van der Waals surface area contributed by atoms with Crippen LogP contribution in [0.4, 0.5) is 5.69 Å². The average Bonchev–Trinajstić information content (AvgIpc) is 2.87. The molecule has 2 N–H and O–H groups in total. The van der Waals surface area contributed by atoms with Gasteiger partial charge in [-0.2, -0.15) is 0 Å². The zero-order valence-electron chi connectivity index (χ0n) is 21.5. The summed E-state index contributed by atoms with van der Waals surface area (Å²) in [6, 6.07) is 12.2. The summed E-state index contributed by atoms with van der Waals surface area (Å²) in [6.07, 6.45) is 0. The topological polar surface area (TPSA) is 114 Å². The number of anilines is 1. The van der Waals surface area contributed by atoms with Crippen molar-refractivity contribution < 1.29 is 28.7 Å². The van der Waals surface area contributed by atoms with Crippen LogP contribution >= 0.6 is 0 Å². The highest BCUT2D eigenvalue weighted by Gasteiger charge is 2.27. The summed E-state index contributed by atoms with van der Waals surface area (Å²) < 4.78 is 10.5. The Morgan fingerprint density at radius 1 is 0.917 bits per heavy atom. The Kier molecular flexibility index (Phi) is 10.9. The molecule has 1 atom stereocenters. The van der Waals surface area contributed by atoms with Crippen LogP contribution in [0.3, 0.4) is 0 Å².